The number of rotatable bonds is 4. The maximum Gasteiger partial charge on any atom is 0.317 e. The summed E-state index contributed by atoms with van der Waals surface area (Å²) in [6, 6.07) is 0.163. The van der Waals surface area contributed by atoms with Gasteiger partial charge < -0.3 is 10.2 Å². The van der Waals surface area contributed by atoms with Gasteiger partial charge in [-0.05, 0) is 38.0 Å². The molecule has 1 N–H and O–H groups in total. The minimum absolute atomic E-state index is 0.163. The molecule has 0 aromatic heterocycles. The van der Waals surface area contributed by atoms with Crippen molar-refractivity contribution in [3.05, 3.63) is 0 Å². The van der Waals surface area contributed by atoms with Gasteiger partial charge >= 0.3 is 6.03 Å². The van der Waals surface area contributed by atoms with Gasteiger partial charge in [-0.15, -0.1) is 0 Å². The lowest BCUT2D eigenvalue weighted by atomic mass is 10.0. The average molecular weight is 238 g/mol. The predicted molar refractivity (Wildman–Crippen MR) is 70.0 cm³/mol. The Morgan fingerprint density at radius 3 is 2.47 bits per heavy atom. The van der Waals surface area contributed by atoms with Crippen LogP contribution in [0, 0.1) is 5.92 Å². The molecule has 0 unspecified atom stereocenters. The van der Waals surface area contributed by atoms with E-state index in [1.54, 1.807) is 0 Å². The molecule has 3 nitrogen and oxygen atoms in total. The van der Waals surface area contributed by atoms with Crippen LogP contribution in [0.2, 0.25) is 0 Å². The lowest BCUT2D eigenvalue weighted by Crippen LogP contribution is -2.43. The lowest BCUT2D eigenvalue weighted by molar-refractivity contribution is 0.186. The van der Waals surface area contributed by atoms with Gasteiger partial charge in [-0.2, -0.15) is 0 Å². The van der Waals surface area contributed by atoms with Crippen LogP contribution < -0.4 is 5.32 Å². The van der Waals surface area contributed by atoms with Crippen LogP contribution in [0.4, 0.5) is 4.79 Å². The van der Waals surface area contributed by atoms with Crippen LogP contribution in [-0.2, 0) is 0 Å². The van der Waals surface area contributed by atoms with Crippen LogP contribution in [0.15, 0.2) is 0 Å². The second-order valence-corrected chi connectivity index (χ2v) is 5.57. The maximum atomic E-state index is 11.8. The van der Waals surface area contributed by atoms with E-state index >= 15 is 0 Å². The second-order valence-electron chi connectivity index (χ2n) is 5.57. The van der Waals surface area contributed by atoms with E-state index in [1.165, 1.54) is 51.4 Å². The van der Waals surface area contributed by atoms with Gasteiger partial charge in [0.15, 0.2) is 0 Å². The number of piperidine rings is 1. The normalized spacial score (nSPS) is 21.8. The van der Waals surface area contributed by atoms with E-state index in [4.69, 9.17) is 0 Å². The first kappa shape index (κ1) is 12.7. The molecule has 2 aliphatic rings. The molecule has 1 aliphatic carbocycles. The Kier molecular flexibility index (Phi) is 5.14. The molecule has 2 amide bonds. The number of amides is 2. The molecule has 2 fully saturated rings. The van der Waals surface area contributed by atoms with Crippen LogP contribution in [-0.4, -0.2) is 30.6 Å². The number of urea groups is 1. The third-order valence-electron chi connectivity index (χ3n) is 4.18. The van der Waals surface area contributed by atoms with Crippen molar-refractivity contribution < 1.29 is 4.79 Å². The van der Waals surface area contributed by atoms with Crippen LogP contribution in [0.1, 0.15) is 57.8 Å². The van der Waals surface area contributed by atoms with Gasteiger partial charge in [0.25, 0.3) is 0 Å². The molecule has 98 valence electrons. The molecule has 3 heteroatoms. The summed E-state index contributed by atoms with van der Waals surface area (Å²) >= 11 is 0. The molecule has 2 rings (SSSR count). The zero-order chi connectivity index (χ0) is 11.9. The van der Waals surface area contributed by atoms with Crippen molar-refractivity contribution in [2.75, 3.05) is 19.6 Å². The number of carbonyl (C=O) groups excluding carboxylic acids is 1. The first-order chi connectivity index (χ1) is 8.36. The average Bonchev–Trinajstić information content (AvgIpc) is 2.88. The number of hydrogen-bond donors (Lipinski definition) is 1. The molecule has 1 aliphatic heterocycles. The number of likely N-dealkylation sites (tertiary alicyclic amines) is 1. The Hall–Kier alpha value is -0.730. The van der Waals surface area contributed by atoms with Gasteiger partial charge in [0.05, 0.1) is 0 Å². The molecule has 0 atom stereocenters. The summed E-state index contributed by atoms with van der Waals surface area (Å²) in [4.78, 5) is 13.8. The minimum Gasteiger partial charge on any atom is -0.338 e. The summed E-state index contributed by atoms with van der Waals surface area (Å²) in [5, 5.41) is 3.06. The summed E-state index contributed by atoms with van der Waals surface area (Å²) in [6.45, 7) is 2.77. The Labute approximate surface area is 105 Å². The zero-order valence-electron chi connectivity index (χ0n) is 10.9. The zero-order valence-corrected chi connectivity index (χ0v) is 10.9. The minimum atomic E-state index is 0.163. The van der Waals surface area contributed by atoms with E-state index in [0.29, 0.717) is 0 Å². The largest absolute Gasteiger partial charge is 0.338 e. The van der Waals surface area contributed by atoms with Crippen molar-refractivity contribution in [1.82, 2.24) is 10.2 Å². The third kappa shape index (κ3) is 4.21. The number of nitrogens with one attached hydrogen (secondary N) is 1. The number of carbonyl (C=O) groups is 1. The van der Waals surface area contributed by atoms with Crippen molar-refractivity contribution >= 4 is 6.03 Å². The van der Waals surface area contributed by atoms with Crippen molar-refractivity contribution in [3.63, 3.8) is 0 Å². The van der Waals surface area contributed by atoms with E-state index in [1.807, 2.05) is 4.90 Å². The second kappa shape index (κ2) is 6.87. The Balaban J connectivity index is 1.53. The lowest BCUT2D eigenvalue weighted by Gasteiger charge is -2.26. The monoisotopic (exact) mass is 238 g/mol. The van der Waals surface area contributed by atoms with E-state index in [2.05, 4.69) is 5.32 Å². The van der Waals surface area contributed by atoms with Crippen LogP contribution in [0.5, 0.6) is 0 Å². The summed E-state index contributed by atoms with van der Waals surface area (Å²) in [5.74, 6) is 0.946. The Morgan fingerprint density at radius 2 is 1.76 bits per heavy atom. The van der Waals surface area contributed by atoms with E-state index in [9.17, 15) is 4.79 Å². The van der Waals surface area contributed by atoms with Crippen LogP contribution >= 0.6 is 0 Å². The van der Waals surface area contributed by atoms with Crippen molar-refractivity contribution in [1.29, 1.82) is 0 Å². The van der Waals surface area contributed by atoms with Gasteiger partial charge in [0, 0.05) is 19.6 Å². The SMILES string of the molecule is O=C(NCCCC1CCCC1)N1CCCCC1. The molecule has 0 bridgehead atoms. The smallest absolute Gasteiger partial charge is 0.317 e. The molecule has 0 radical (unpaired) electrons. The van der Waals surface area contributed by atoms with Crippen molar-refractivity contribution in [3.8, 4) is 0 Å². The standard InChI is InChI=1S/C14H26N2O/c17-14(16-11-4-1-5-12-16)15-10-6-9-13-7-2-3-8-13/h13H,1-12H2,(H,15,17). The van der Waals surface area contributed by atoms with E-state index in [0.717, 1.165) is 32.0 Å². The Bertz CT molecular complexity index is 230. The topological polar surface area (TPSA) is 32.3 Å². The van der Waals surface area contributed by atoms with Gasteiger partial charge in [-0.3, -0.25) is 0 Å². The first-order valence-electron chi connectivity index (χ1n) is 7.39. The highest BCUT2D eigenvalue weighted by Crippen LogP contribution is 2.28. The molecule has 17 heavy (non-hydrogen) atoms. The molecule has 1 saturated carbocycles. The highest BCUT2D eigenvalue weighted by Gasteiger charge is 2.16. The van der Waals surface area contributed by atoms with Crippen LogP contribution in [0.3, 0.4) is 0 Å². The van der Waals surface area contributed by atoms with Gasteiger partial charge in [-0.1, -0.05) is 25.7 Å². The fraction of sp³-hybridized carbons (Fsp3) is 0.929. The summed E-state index contributed by atoms with van der Waals surface area (Å²) in [5.41, 5.74) is 0. The molecule has 1 heterocycles. The molecular formula is C14H26N2O. The Morgan fingerprint density at radius 1 is 1.06 bits per heavy atom. The van der Waals surface area contributed by atoms with E-state index in [-0.39, 0.29) is 6.03 Å². The quantitative estimate of drug-likeness (QED) is 0.750. The van der Waals surface area contributed by atoms with Crippen molar-refractivity contribution in [2.24, 2.45) is 5.92 Å². The van der Waals surface area contributed by atoms with Crippen molar-refractivity contribution in [2.45, 2.75) is 57.8 Å². The first-order valence-corrected chi connectivity index (χ1v) is 7.39. The molecule has 0 spiro atoms. The summed E-state index contributed by atoms with van der Waals surface area (Å²) in [6.07, 6.45) is 11.8. The summed E-state index contributed by atoms with van der Waals surface area (Å²) in [7, 11) is 0. The number of hydrogen-bond acceptors (Lipinski definition) is 1. The van der Waals surface area contributed by atoms with Gasteiger partial charge in [0.1, 0.15) is 0 Å². The highest BCUT2D eigenvalue weighted by molar-refractivity contribution is 5.74. The highest BCUT2D eigenvalue weighted by atomic mass is 16.2. The van der Waals surface area contributed by atoms with Gasteiger partial charge in [0.2, 0.25) is 0 Å². The fourth-order valence-electron chi connectivity index (χ4n) is 3.09. The summed E-state index contributed by atoms with van der Waals surface area (Å²) < 4.78 is 0. The fourth-order valence-corrected chi connectivity index (χ4v) is 3.09. The van der Waals surface area contributed by atoms with E-state index < -0.39 is 0 Å². The van der Waals surface area contributed by atoms with Gasteiger partial charge in [-0.25, -0.2) is 4.79 Å². The number of nitrogens with zero attached hydrogens (tertiary/aromatic N) is 1. The maximum absolute atomic E-state index is 11.8. The van der Waals surface area contributed by atoms with Crippen LogP contribution in [0.25, 0.3) is 0 Å². The molecule has 0 aromatic carbocycles. The molecular weight excluding hydrogens is 212 g/mol. The third-order valence-corrected chi connectivity index (χ3v) is 4.18. The molecule has 0 aromatic rings. The predicted octanol–water partition coefficient (Wildman–Crippen LogP) is 3.15. The molecule has 1 saturated heterocycles.